The summed E-state index contributed by atoms with van der Waals surface area (Å²) in [5.41, 5.74) is 0.131. The van der Waals surface area contributed by atoms with Gasteiger partial charge in [0, 0.05) is 27.2 Å². The Balaban J connectivity index is 2.51. The lowest BCUT2D eigenvalue weighted by Crippen LogP contribution is -2.48. The van der Waals surface area contributed by atoms with E-state index >= 15 is 0 Å². The molecule has 0 aromatic carbocycles. The molecular weight excluding hydrogens is 174 g/mol. The van der Waals surface area contributed by atoms with Crippen LogP contribution in [0.15, 0.2) is 17.0 Å². The van der Waals surface area contributed by atoms with Crippen LogP contribution in [0.2, 0.25) is 0 Å². The molecular formula is C12H22NO+. The number of nitrogens with zero attached hydrogens (tertiary/aromatic N) is 1. The maximum Gasteiger partial charge on any atom is 0.335 e. The molecule has 0 N–H and O–H groups in total. The van der Waals surface area contributed by atoms with Crippen molar-refractivity contribution < 1.29 is 8.98 Å². The predicted octanol–water partition coefficient (Wildman–Crippen LogP) is 3.05. The molecule has 0 aliphatic carbocycles. The van der Waals surface area contributed by atoms with Crippen molar-refractivity contribution in [2.45, 2.75) is 58.9 Å². The van der Waals surface area contributed by atoms with Crippen molar-refractivity contribution in [3.63, 3.8) is 0 Å². The number of hydrogen-bond acceptors (Lipinski definition) is 1. The van der Waals surface area contributed by atoms with Gasteiger partial charge in [-0.05, 0) is 6.42 Å². The zero-order valence-corrected chi connectivity index (χ0v) is 9.84. The molecule has 0 saturated heterocycles. The van der Waals surface area contributed by atoms with Gasteiger partial charge in [-0.1, -0.05) is 19.8 Å². The van der Waals surface area contributed by atoms with E-state index in [1.807, 2.05) is 6.39 Å². The molecule has 0 aliphatic heterocycles. The van der Waals surface area contributed by atoms with Gasteiger partial charge >= 0.3 is 6.39 Å². The summed E-state index contributed by atoms with van der Waals surface area (Å²) in [6.45, 7) is 8.76. The molecule has 1 aromatic heterocycles. The predicted molar refractivity (Wildman–Crippen MR) is 57.1 cm³/mol. The zero-order valence-electron chi connectivity index (χ0n) is 9.84. The quantitative estimate of drug-likeness (QED) is 0.534. The molecule has 0 atom stereocenters. The van der Waals surface area contributed by atoms with Crippen molar-refractivity contribution >= 4 is 0 Å². The largest absolute Gasteiger partial charge is 0.409 e. The van der Waals surface area contributed by atoms with Crippen LogP contribution in [0.1, 0.15) is 52.7 Å². The van der Waals surface area contributed by atoms with E-state index in [9.17, 15) is 0 Å². The smallest absolute Gasteiger partial charge is 0.335 e. The Hall–Kier alpha value is -0.790. The first-order valence-corrected chi connectivity index (χ1v) is 5.53. The number of aryl methyl sites for hydroxylation is 1. The maximum absolute atomic E-state index is 5.50. The average Bonchev–Trinajstić information content (AvgIpc) is 2.52. The van der Waals surface area contributed by atoms with Gasteiger partial charge in [0.1, 0.15) is 0 Å². The normalized spacial score (nSPS) is 12.0. The first-order valence-electron chi connectivity index (χ1n) is 5.53. The standard InChI is InChI=1S/C12H22NO/c1-5-6-7-8-11-9-13(10-14-11)12(2,3)4/h9-10H,5-8H2,1-4H3/q+1. The molecule has 0 fully saturated rings. The Bertz CT molecular complexity index is 270. The highest BCUT2D eigenvalue weighted by Gasteiger charge is 2.23. The average molecular weight is 196 g/mol. The Morgan fingerprint density at radius 3 is 2.50 bits per heavy atom. The van der Waals surface area contributed by atoms with Gasteiger partial charge in [0.15, 0.2) is 11.3 Å². The van der Waals surface area contributed by atoms with Crippen LogP contribution in [0.5, 0.6) is 0 Å². The number of oxazole rings is 1. The van der Waals surface area contributed by atoms with E-state index in [0.717, 1.165) is 12.2 Å². The third-order valence-corrected chi connectivity index (χ3v) is 2.40. The van der Waals surface area contributed by atoms with Crippen molar-refractivity contribution in [3.8, 4) is 0 Å². The highest BCUT2D eigenvalue weighted by Crippen LogP contribution is 2.08. The van der Waals surface area contributed by atoms with E-state index in [-0.39, 0.29) is 5.54 Å². The molecule has 80 valence electrons. The molecule has 1 heterocycles. The van der Waals surface area contributed by atoms with Crippen LogP contribution in [-0.2, 0) is 12.0 Å². The summed E-state index contributed by atoms with van der Waals surface area (Å²) in [5.74, 6) is 1.10. The summed E-state index contributed by atoms with van der Waals surface area (Å²) in [7, 11) is 0. The van der Waals surface area contributed by atoms with Crippen molar-refractivity contribution in [1.82, 2.24) is 0 Å². The van der Waals surface area contributed by atoms with Crippen LogP contribution in [0.25, 0.3) is 0 Å². The van der Waals surface area contributed by atoms with Gasteiger partial charge in [0.25, 0.3) is 0 Å². The van der Waals surface area contributed by atoms with E-state index in [4.69, 9.17) is 4.42 Å². The third kappa shape index (κ3) is 3.17. The van der Waals surface area contributed by atoms with E-state index in [1.165, 1.54) is 19.3 Å². The minimum Gasteiger partial charge on any atom is -0.409 e. The lowest BCUT2D eigenvalue weighted by atomic mass is 10.1. The van der Waals surface area contributed by atoms with Crippen LogP contribution < -0.4 is 4.57 Å². The van der Waals surface area contributed by atoms with E-state index in [2.05, 4.69) is 38.5 Å². The lowest BCUT2D eigenvalue weighted by molar-refractivity contribution is -0.756. The van der Waals surface area contributed by atoms with Crippen LogP contribution in [0, 0.1) is 0 Å². The van der Waals surface area contributed by atoms with Crippen LogP contribution >= 0.6 is 0 Å². The zero-order chi connectivity index (χ0) is 10.6. The molecule has 2 heteroatoms. The molecule has 0 amide bonds. The minimum atomic E-state index is 0.131. The van der Waals surface area contributed by atoms with Crippen LogP contribution in [0.3, 0.4) is 0 Å². The molecule has 0 saturated carbocycles. The van der Waals surface area contributed by atoms with Gasteiger partial charge < -0.3 is 4.42 Å². The molecule has 1 rings (SSSR count). The number of hydrogen-bond donors (Lipinski definition) is 0. The van der Waals surface area contributed by atoms with Crippen molar-refractivity contribution in [1.29, 1.82) is 0 Å². The van der Waals surface area contributed by atoms with Gasteiger partial charge in [-0.2, -0.15) is 4.57 Å². The molecule has 0 unspecified atom stereocenters. The van der Waals surface area contributed by atoms with E-state index in [1.54, 1.807) is 0 Å². The molecule has 1 aromatic rings. The second-order valence-corrected chi connectivity index (χ2v) is 4.85. The topological polar surface area (TPSA) is 17.0 Å². The molecule has 2 nitrogen and oxygen atoms in total. The molecule has 0 aliphatic rings. The van der Waals surface area contributed by atoms with Crippen molar-refractivity contribution in [2.75, 3.05) is 0 Å². The van der Waals surface area contributed by atoms with Gasteiger partial charge in [0.2, 0.25) is 6.20 Å². The molecule has 0 spiro atoms. The van der Waals surface area contributed by atoms with Crippen LogP contribution in [0.4, 0.5) is 0 Å². The molecule has 0 bridgehead atoms. The summed E-state index contributed by atoms with van der Waals surface area (Å²) in [6, 6.07) is 0. The summed E-state index contributed by atoms with van der Waals surface area (Å²) >= 11 is 0. The summed E-state index contributed by atoms with van der Waals surface area (Å²) in [5, 5.41) is 0. The second-order valence-electron chi connectivity index (χ2n) is 4.85. The molecule has 0 radical (unpaired) electrons. The van der Waals surface area contributed by atoms with E-state index in [0.29, 0.717) is 0 Å². The van der Waals surface area contributed by atoms with Crippen molar-refractivity contribution in [2.24, 2.45) is 0 Å². The summed E-state index contributed by atoms with van der Waals surface area (Å²) in [6.07, 6.45) is 8.79. The fraction of sp³-hybridized carbons (Fsp3) is 0.750. The number of rotatable bonds is 4. The van der Waals surface area contributed by atoms with Crippen molar-refractivity contribution in [3.05, 3.63) is 18.4 Å². The Morgan fingerprint density at radius 2 is 2.00 bits per heavy atom. The maximum atomic E-state index is 5.50. The van der Waals surface area contributed by atoms with E-state index < -0.39 is 0 Å². The third-order valence-electron chi connectivity index (χ3n) is 2.40. The second kappa shape index (κ2) is 4.63. The first-order chi connectivity index (χ1) is 6.54. The highest BCUT2D eigenvalue weighted by atomic mass is 16.3. The fourth-order valence-corrected chi connectivity index (χ4v) is 1.36. The van der Waals surface area contributed by atoms with Crippen LogP contribution in [-0.4, -0.2) is 0 Å². The Labute approximate surface area is 86.9 Å². The Kier molecular flexibility index (Phi) is 3.73. The first kappa shape index (κ1) is 11.3. The fourth-order valence-electron chi connectivity index (χ4n) is 1.36. The van der Waals surface area contributed by atoms with Gasteiger partial charge in [-0.25, -0.2) is 0 Å². The highest BCUT2D eigenvalue weighted by molar-refractivity contribution is 4.84. The SMILES string of the molecule is CCCCCc1c[n+](C(C)(C)C)co1. The Morgan fingerprint density at radius 1 is 1.29 bits per heavy atom. The number of unbranched alkanes of at least 4 members (excludes halogenated alkanes) is 2. The minimum absolute atomic E-state index is 0.131. The summed E-state index contributed by atoms with van der Waals surface area (Å²) in [4.78, 5) is 0. The van der Waals surface area contributed by atoms with Gasteiger partial charge in [0.05, 0.1) is 0 Å². The summed E-state index contributed by atoms with van der Waals surface area (Å²) < 4.78 is 7.63. The monoisotopic (exact) mass is 196 g/mol. The number of aromatic nitrogens is 1. The lowest BCUT2D eigenvalue weighted by Gasteiger charge is -2.07. The van der Waals surface area contributed by atoms with Gasteiger partial charge in [-0.15, -0.1) is 0 Å². The van der Waals surface area contributed by atoms with Gasteiger partial charge in [-0.3, -0.25) is 0 Å². The molecule has 14 heavy (non-hydrogen) atoms.